The molecule has 4 amide bonds. The number of amides is 4. The van der Waals surface area contributed by atoms with E-state index in [0.29, 0.717) is 37.7 Å². The van der Waals surface area contributed by atoms with E-state index in [1.165, 1.54) is 0 Å². The van der Waals surface area contributed by atoms with Crippen molar-refractivity contribution in [3.05, 3.63) is 93.9 Å². The first kappa shape index (κ1) is 27.0. The number of nitrogens with one attached hydrogen (secondary N) is 1. The minimum Gasteiger partial charge on any atom is -0.494 e. The summed E-state index contributed by atoms with van der Waals surface area (Å²) >= 11 is 0. The molecule has 9 nitrogen and oxygen atoms in total. The summed E-state index contributed by atoms with van der Waals surface area (Å²) in [6.45, 7) is 6.41. The van der Waals surface area contributed by atoms with Crippen molar-refractivity contribution < 1.29 is 19.1 Å². The van der Waals surface area contributed by atoms with Crippen molar-refractivity contribution in [1.82, 2.24) is 14.8 Å². The van der Waals surface area contributed by atoms with Crippen molar-refractivity contribution in [1.29, 1.82) is 0 Å². The zero-order valence-electron chi connectivity index (χ0n) is 23.3. The third kappa shape index (κ3) is 4.95. The lowest BCUT2D eigenvalue weighted by Gasteiger charge is -2.47. The summed E-state index contributed by atoms with van der Waals surface area (Å²) in [6, 6.07) is 19.2. The summed E-state index contributed by atoms with van der Waals surface area (Å²) in [4.78, 5) is 57.2. The number of likely N-dealkylation sites (tertiary alicyclic amines) is 1. The smallest absolute Gasteiger partial charge is 0.335 e. The second-order valence-corrected chi connectivity index (χ2v) is 11.5. The second-order valence-electron chi connectivity index (χ2n) is 11.5. The quantitative estimate of drug-likeness (QED) is 0.449. The fourth-order valence-corrected chi connectivity index (χ4v) is 6.68. The van der Waals surface area contributed by atoms with Gasteiger partial charge < -0.3 is 14.2 Å². The Balaban J connectivity index is 1.36. The van der Waals surface area contributed by atoms with Gasteiger partial charge >= 0.3 is 6.03 Å². The van der Waals surface area contributed by atoms with Gasteiger partial charge in [-0.1, -0.05) is 35.9 Å². The lowest BCUT2D eigenvalue weighted by molar-refractivity contribution is -0.144. The van der Waals surface area contributed by atoms with E-state index >= 15 is 0 Å². The molecule has 4 heterocycles. The zero-order chi connectivity index (χ0) is 28.7. The van der Waals surface area contributed by atoms with E-state index in [1.807, 2.05) is 48.7 Å². The van der Waals surface area contributed by atoms with E-state index < -0.39 is 23.3 Å². The molecule has 3 aromatic rings. The number of ether oxygens (including phenoxy) is 1. The van der Waals surface area contributed by atoms with Gasteiger partial charge in [0.25, 0.3) is 11.5 Å². The third-order valence-corrected chi connectivity index (χ3v) is 8.55. The molecule has 0 unspecified atom stereocenters. The predicted octanol–water partition coefficient (Wildman–Crippen LogP) is 3.49. The number of nitrogens with zero attached hydrogens (tertiary/aromatic N) is 3. The Morgan fingerprint density at radius 1 is 0.927 bits per heavy atom. The number of barbiturate groups is 1. The number of hydrogen-bond donors (Lipinski definition) is 1. The molecule has 0 aliphatic carbocycles. The van der Waals surface area contributed by atoms with Gasteiger partial charge in [0.05, 0.1) is 12.3 Å². The van der Waals surface area contributed by atoms with Crippen LogP contribution in [-0.2, 0) is 22.6 Å². The highest BCUT2D eigenvalue weighted by Crippen LogP contribution is 2.39. The zero-order valence-corrected chi connectivity index (χ0v) is 23.3. The van der Waals surface area contributed by atoms with E-state index in [4.69, 9.17) is 4.74 Å². The number of fused-ring (bicyclic) bond motifs is 4. The van der Waals surface area contributed by atoms with E-state index in [9.17, 15) is 19.2 Å². The Kier molecular flexibility index (Phi) is 6.99. The number of pyridine rings is 1. The van der Waals surface area contributed by atoms with E-state index in [1.54, 1.807) is 36.4 Å². The molecule has 0 saturated carbocycles. The maximum atomic E-state index is 14.5. The summed E-state index contributed by atoms with van der Waals surface area (Å²) in [5.74, 6) is -0.143. The topological polar surface area (TPSA) is 101 Å². The van der Waals surface area contributed by atoms with Crippen LogP contribution in [0.25, 0.3) is 0 Å². The number of imide groups is 2. The molecule has 212 valence electrons. The number of aryl methyl sites for hydroxylation is 1. The van der Waals surface area contributed by atoms with Gasteiger partial charge in [-0.15, -0.1) is 0 Å². The molecule has 3 aliphatic rings. The first-order chi connectivity index (χ1) is 19.8. The number of aromatic nitrogens is 1. The molecule has 41 heavy (non-hydrogen) atoms. The van der Waals surface area contributed by atoms with Crippen molar-refractivity contribution in [2.45, 2.75) is 39.2 Å². The minimum atomic E-state index is -1.52. The molecule has 2 aromatic carbocycles. The van der Waals surface area contributed by atoms with Crippen molar-refractivity contribution in [3.63, 3.8) is 0 Å². The molecular formula is C32H34N4O5. The van der Waals surface area contributed by atoms with Crippen LogP contribution >= 0.6 is 0 Å². The van der Waals surface area contributed by atoms with Crippen LogP contribution in [0.4, 0.5) is 10.5 Å². The van der Waals surface area contributed by atoms with Gasteiger partial charge in [0.2, 0.25) is 5.91 Å². The summed E-state index contributed by atoms with van der Waals surface area (Å²) < 4.78 is 7.40. The SMILES string of the molecule is CCOc1ccc(N2C(=O)NC(=O)[C@@](Cc3ccc(C)cc3)(CN3C[C@H]4C[C@H](C3)c3cccc(=O)n3C4)C2=O)cc1. The standard InChI is InChI=1S/C32H34N4O5/c1-3-41-26-13-11-25(12-14-26)36-30(39)32(29(38)33-31(36)40,16-22-9-7-21(2)8-10-22)20-34-17-23-15-24(19-34)27-5-4-6-28(37)35(27)18-23/h4-14,23-24H,3,15-20H2,1-2H3,(H,33,38,40)/t23-,24-,32-/m1/s1. The largest absolute Gasteiger partial charge is 0.494 e. The Morgan fingerprint density at radius 2 is 1.68 bits per heavy atom. The number of anilines is 1. The molecule has 1 aromatic heterocycles. The first-order valence-corrected chi connectivity index (χ1v) is 14.2. The summed E-state index contributed by atoms with van der Waals surface area (Å²) in [5.41, 5.74) is 1.77. The van der Waals surface area contributed by atoms with Crippen LogP contribution in [0, 0.1) is 18.3 Å². The van der Waals surface area contributed by atoms with Crippen molar-refractivity contribution >= 4 is 23.5 Å². The molecule has 6 rings (SSSR count). The van der Waals surface area contributed by atoms with Crippen LogP contribution in [0.5, 0.6) is 5.75 Å². The minimum absolute atomic E-state index is 0.00726. The molecule has 3 aliphatic heterocycles. The van der Waals surface area contributed by atoms with Gasteiger partial charge in [-0.3, -0.25) is 19.7 Å². The van der Waals surface area contributed by atoms with Crippen LogP contribution in [0.2, 0.25) is 0 Å². The van der Waals surface area contributed by atoms with Gasteiger partial charge in [0, 0.05) is 43.9 Å². The van der Waals surface area contributed by atoms with E-state index in [0.717, 1.165) is 28.1 Å². The van der Waals surface area contributed by atoms with E-state index in [2.05, 4.69) is 10.2 Å². The highest BCUT2D eigenvalue weighted by atomic mass is 16.5. The summed E-state index contributed by atoms with van der Waals surface area (Å²) in [5, 5.41) is 2.51. The lowest BCUT2D eigenvalue weighted by Crippen LogP contribution is -2.68. The van der Waals surface area contributed by atoms with Gasteiger partial charge in [-0.05, 0) is 68.5 Å². The van der Waals surface area contributed by atoms with Crippen LogP contribution in [0.1, 0.15) is 36.1 Å². The van der Waals surface area contributed by atoms with Crippen LogP contribution < -0.4 is 20.5 Å². The average molecular weight is 555 g/mol. The second kappa shape index (κ2) is 10.6. The van der Waals surface area contributed by atoms with Crippen LogP contribution in [0.15, 0.2) is 71.5 Å². The predicted molar refractivity (Wildman–Crippen MR) is 154 cm³/mol. The Labute approximate surface area is 238 Å². The molecule has 0 spiro atoms. The molecule has 2 bridgehead atoms. The van der Waals surface area contributed by atoms with Crippen molar-refractivity contribution in [2.24, 2.45) is 11.3 Å². The highest BCUT2D eigenvalue weighted by molar-refractivity contribution is 6.30. The maximum absolute atomic E-state index is 14.5. The third-order valence-electron chi connectivity index (χ3n) is 8.55. The van der Waals surface area contributed by atoms with E-state index in [-0.39, 0.29) is 30.4 Å². The average Bonchev–Trinajstić information content (AvgIpc) is 2.95. The number of carbonyl (C=O) groups is 3. The molecule has 9 heteroatoms. The highest BCUT2D eigenvalue weighted by Gasteiger charge is 2.55. The van der Waals surface area contributed by atoms with Gasteiger partial charge in [-0.25, -0.2) is 9.69 Å². The van der Waals surface area contributed by atoms with Gasteiger partial charge in [0.15, 0.2) is 0 Å². The van der Waals surface area contributed by atoms with Gasteiger partial charge in [0.1, 0.15) is 11.2 Å². The number of benzene rings is 2. The van der Waals surface area contributed by atoms with Crippen molar-refractivity contribution in [2.75, 3.05) is 31.1 Å². The number of rotatable bonds is 7. The molecule has 2 fully saturated rings. The van der Waals surface area contributed by atoms with Crippen LogP contribution in [-0.4, -0.2) is 53.6 Å². The fourth-order valence-electron chi connectivity index (χ4n) is 6.68. The van der Waals surface area contributed by atoms with Crippen LogP contribution in [0.3, 0.4) is 0 Å². The molecule has 1 N–H and O–H groups in total. The summed E-state index contributed by atoms with van der Waals surface area (Å²) in [7, 11) is 0. The van der Waals surface area contributed by atoms with Crippen molar-refractivity contribution in [3.8, 4) is 5.75 Å². The van der Waals surface area contributed by atoms with Gasteiger partial charge in [-0.2, -0.15) is 0 Å². The Hall–Kier alpha value is -4.24. The Morgan fingerprint density at radius 3 is 2.41 bits per heavy atom. The summed E-state index contributed by atoms with van der Waals surface area (Å²) in [6.07, 6.45) is 1.11. The normalized spacial score (nSPS) is 24.1. The molecule has 2 saturated heterocycles. The maximum Gasteiger partial charge on any atom is 0.335 e. The molecular weight excluding hydrogens is 520 g/mol. The number of carbonyl (C=O) groups excluding carboxylic acids is 3. The lowest BCUT2D eigenvalue weighted by atomic mass is 9.75. The fraction of sp³-hybridized carbons (Fsp3) is 0.375. The molecule has 0 radical (unpaired) electrons. The monoisotopic (exact) mass is 554 g/mol. The number of urea groups is 1. The number of hydrogen-bond acceptors (Lipinski definition) is 6. The Bertz CT molecular complexity index is 1550. The number of piperidine rings is 1. The first-order valence-electron chi connectivity index (χ1n) is 14.2. The molecule has 3 atom stereocenters.